The summed E-state index contributed by atoms with van der Waals surface area (Å²) in [5.74, 6) is -2.40. The molecule has 0 aliphatic heterocycles. The molecule has 0 aliphatic carbocycles. The molecule has 0 amide bonds. The summed E-state index contributed by atoms with van der Waals surface area (Å²) in [6.07, 6.45) is 0. The second-order valence-corrected chi connectivity index (χ2v) is 35.7. The molecule has 10 nitrogen and oxygen atoms in total. The van der Waals surface area contributed by atoms with E-state index in [9.17, 15) is 19.2 Å². The summed E-state index contributed by atoms with van der Waals surface area (Å²) in [5.41, 5.74) is 40.8. The molecule has 2 aromatic heterocycles. The number of aromatic nitrogens is 4. The molecule has 0 spiro atoms. The van der Waals surface area contributed by atoms with E-state index in [0.29, 0.717) is 22.5 Å². The van der Waals surface area contributed by atoms with Gasteiger partial charge in [-0.05, 0) is 214 Å². The van der Waals surface area contributed by atoms with E-state index in [0.717, 1.165) is 210 Å². The van der Waals surface area contributed by atoms with Crippen LogP contribution < -0.4 is 11.5 Å². The maximum Gasteiger partial charge on any atom is 0.233 e. The number of hydrogen-bond acceptors (Lipinski definition) is 10. The topological polar surface area (TPSA) is 172 Å². The predicted molar refractivity (Wildman–Crippen MR) is 595 cm³/mol. The number of hydrogen-bond donors (Lipinski definition) is 2. The fourth-order valence-electron chi connectivity index (χ4n) is 20.5. The van der Waals surface area contributed by atoms with Crippen LogP contribution in [0.5, 0.6) is 0 Å². The lowest BCUT2D eigenvalue weighted by Gasteiger charge is -2.27. The number of fused-ring (bicyclic) bond motifs is 14. The summed E-state index contributed by atoms with van der Waals surface area (Å²) < 4.78 is 0. The Hall–Kier alpha value is -19.4. The molecule has 25 rings (SSSR count). The Labute approximate surface area is 831 Å². The SMILES string of the molecule is Nc1ccccc1N.O=C(C(=O)c1ccc2c3ccc(C(=O)C(=O)c4ccccc4)cc3c3c(-c4ccccc4)c(-c4ccccc4)c(-c4ccccc4)c(-c4ccccc4)c3c2c1)c1ccccc1.c1ccc(-c2nc3ccccc3nc2-c2ccc3c4ccc(-c5nc6ccccc6nc5-c5ccccc5)cc4c4c(-c5ccccc5)c(-c5ccccc5)c(-c5ccccc5)c(-c5ccccc5)c4c3c2)cc1. The van der Waals surface area contributed by atoms with E-state index in [1.165, 1.54) is 11.1 Å². The molecule has 144 heavy (non-hydrogen) atoms. The van der Waals surface area contributed by atoms with E-state index in [1.54, 1.807) is 72.8 Å². The van der Waals surface area contributed by atoms with Crippen LogP contribution in [0.25, 0.3) is 221 Å². The third-order valence-electron chi connectivity index (χ3n) is 27.0. The van der Waals surface area contributed by atoms with Gasteiger partial charge in [-0.3, -0.25) is 19.2 Å². The monoisotopic (exact) mass is 1840 g/mol. The van der Waals surface area contributed by atoms with E-state index < -0.39 is 23.1 Å². The molecular formula is C134H88N6O4. The lowest BCUT2D eigenvalue weighted by molar-refractivity contribution is 0.0817. The van der Waals surface area contributed by atoms with Gasteiger partial charge in [0.2, 0.25) is 23.1 Å². The van der Waals surface area contributed by atoms with Crippen LogP contribution in [0.3, 0.4) is 0 Å². The number of para-hydroxylation sites is 6. The van der Waals surface area contributed by atoms with Crippen LogP contribution in [-0.4, -0.2) is 43.1 Å². The van der Waals surface area contributed by atoms with Crippen molar-refractivity contribution in [2.45, 2.75) is 0 Å². The number of carbonyl (C=O) groups is 4. The molecule has 4 N–H and O–H groups in total. The van der Waals surface area contributed by atoms with Gasteiger partial charge in [-0.15, -0.1) is 0 Å². The smallest absolute Gasteiger partial charge is 0.233 e. The van der Waals surface area contributed by atoms with Gasteiger partial charge in [0.25, 0.3) is 0 Å². The average Bonchev–Trinajstić information content (AvgIpc) is 0.697. The Bertz CT molecular complexity index is 8740. The van der Waals surface area contributed by atoms with Gasteiger partial charge < -0.3 is 11.5 Å². The van der Waals surface area contributed by atoms with E-state index in [-0.39, 0.29) is 11.1 Å². The molecule has 0 unspecified atom stereocenters. The Morgan fingerprint density at radius 2 is 0.326 bits per heavy atom. The fraction of sp³-hybridized carbons (Fsp3) is 0. The molecule has 23 aromatic carbocycles. The normalized spacial score (nSPS) is 11.2. The lowest BCUT2D eigenvalue weighted by atomic mass is 9.76. The van der Waals surface area contributed by atoms with Crippen LogP contribution in [0.1, 0.15) is 41.4 Å². The van der Waals surface area contributed by atoms with Crippen LogP contribution in [0, 0.1) is 0 Å². The van der Waals surface area contributed by atoms with E-state index in [4.69, 9.17) is 31.4 Å². The van der Waals surface area contributed by atoms with Gasteiger partial charge in [-0.25, -0.2) is 19.9 Å². The Kier molecular flexibility index (Phi) is 23.9. The number of ketones is 4. The Morgan fingerprint density at radius 1 is 0.146 bits per heavy atom. The summed E-state index contributed by atoms with van der Waals surface area (Å²) in [6.45, 7) is 0. The first-order valence-corrected chi connectivity index (χ1v) is 48.0. The number of carbonyl (C=O) groups excluding carboxylic acids is 4. The van der Waals surface area contributed by atoms with Gasteiger partial charge in [-0.2, -0.15) is 0 Å². The van der Waals surface area contributed by atoms with E-state index >= 15 is 0 Å². The van der Waals surface area contributed by atoms with Crippen molar-refractivity contribution in [1.82, 2.24) is 19.9 Å². The first-order chi connectivity index (χ1) is 71.0. The second kappa shape index (κ2) is 38.9. The Balaban J connectivity index is 0.000000150. The number of benzene rings is 23. The van der Waals surface area contributed by atoms with Crippen LogP contribution in [-0.2, 0) is 0 Å². The van der Waals surface area contributed by atoms with Crippen molar-refractivity contribution in [3.63, 3.8) is 0 Å². The van der Waals surface area contributed by atoms with E-state index in [1.807, 2.05) is 158 Å². The van der Waals surface area contributed by atoms with Gasteiger partial charge in [-0.1, -0.05) is 449 Å². The minimum atomic E-state index is -0.611. The van der Waals surface area contributed by atoms with Gasteiger partial charge in [0.15, 0.2) is 0 Å². The molecule has 0 aliphatic rings. The molecule has 25 aromatic rings. The zero-order valence-corrected chi connectivity index (χ0v) is 78.1. The standard InChI is InChI=1S/C70H44N4.C58H36O4.C6H8N2/c1-7-23-45(24-8-1)61-62(46-25-9-2-10-26-46)64(48-29-13-4-14-30-48)66-56-44-52(70-68(50-33-17-6-18-34-50)72-58-36-20-22-38-60(58)74-70)40-42-54(56)53-41-39-51(43-55(53)65(66)63(61)47-27-11-3-12-28-47)69-67(49-31-15-5-16-32-49)71-57-35-19-21-37-59(57)73-69;59-55(41-27-15-5-16-28-41)57(61)43-31-33-45-46-34-32-44(58(62)56(60)42-29-17-6-18-30-42)36-48(46)54-52(40-25-13-4-14-26-40)50(38-21-9-2-10-22-38)49(37-19-7-1-8-20-37)51(53(54)47(45)35-43)39-23-11-3-12-24-39;7-5-3-1-2-4-6(5)8/h1-44H;1-36H;1-4H,7-8H2. The van der Waals surface area contributed by atoms with E-state index in [2.05, 4.69) is 279 Å². The fourth-order valence-corrected chi connectivity index (χ4v) is 20.5. The highest BCUT2D eigenvalue weighted by Gasteiger charge is 2.33. The highest BCUT2D eigenvalue weighted by molar-refractivity contribution is 6.51. The molecule has 0 radical (unpaired) electrons. The van der Waals surface area contributed by atoms with Gasteiger partial charge in [0.05, 0.1) is 56.2 Å². The van der Waals surface area contributed by atoms with Gasteiger partial charge in [0.1, 0.15) is 0 Å². The summed E-state index contributed by atoms with van der Waals surface area (Å²) in [7, 11) is 0. The molecular weight excluding hydrogens is 1760 g/mol. The number of Topliss-reactive ketones (excluding diaryl/α,β-unsaturated/α-hetero) is 4. The third-order valence-corrected chi connectivity index (χ3v) is 27.0. The largest absolute Gasteiger partial charge is 0.397 e. The zero-order valence-electron chi connectivity index (χ0n) is 78.1. The van der Waals surface area contributed by atoms with Crippen molar-refractivity contribution in [1.29, 1.82) is 0 Å². The quantitative estimate of drug-likeness (QED) is 0.0364. The van der Waals surface area contributed by atoms with Crippen molar-refractivity contribution < 1.29 is 19.2 Å². The Morgan fingerprint density at radius 3 is 0.562 bits per heavy atom. The van der Waals surface area contributed by atoms with Crippen molar-refractivity contribution in [3.05, 3.63) is 532 Å². The predicted octanol–water partition coefficient (Wildman–Crippen LogP) is 33.2. The van der Waals surface area contributed by atoms with Gasteiger partial charge >= 0.3 is 0 Å². The summed E-state index contributed by atoms with van der Waals surface area (Å²) in [4.78, 5) is 77.6. The molecule has 10 heteroatoms. The summed E-state index contributed by atoms with van der Waals surface area (Å²) in [6, 6.07) is 172. The second-order valence-electron chi connectivity index (χ2n) is 35.7. The van der Waals surface area contributed by atoms with Crippen molar-refractivity contribution >= 4 is 121 Å². The molecule has 0 fully saturated rings. The van der Waals surface area contributed by atoms with Crippen molar-refractivity contribution in [2.75, 3.05) is 11.5 Å². The van der Waals surface area contributed by atoms with Crippen LogP contribution in [0.15, 0.2) is 510 Å². The van der Waals surface area contributed by atoms with Gasteiger partial charge in [0, 0.05) is 44.5 Å². The molecule has 0 bridgehead atoms. The van der Waals surface area contributed by atoms with Crippen molar-refractivity contribution in [2.24, 2.45) is 0 Å². The van der Waals surface area contributed by atoms with Crippen molar-refractivity contribution in [3.8, 4) is 134 Å². The summed E-state index contributed by atoms with van der Waals surface area (Å²) in [5, 5.41) is 11.7. The summed E-state index contributed by atoms with van der Waals surface area (Å²) >= 11 is 0. The number of nitrogens with zero attached hydrogens (tertiary/aromatic N) is 4. The molecule has 678 valence electrons. The molecule has 0 saturated heterocycles. The number of nitrogen functional groups attached to an aromatic ring is 2. The van der Waals surface area contributed by atoms with Crippen LogP contribution in [0.4, 0.5) is 11.4 Å². The first-order valence-electron chi connectivity index (χ1n) is 48.0. The maximum absolute atomic E-state index is 14.2. The van der Waals surface area contributed by atoms with Crippen LogP contribution in [0.2, 0.25) is 0 Å². The van der Waals surface area contributed by atoms with Crippen LogP contribution >= 0.6 is 0 Å². The number of anilines is 2. The highest BCUT2D eigenvalue weighted by Crippen LogP contribution is 2.58. The lowest BCUT2D eigenvalue weighted by Crippen LogP contribution is -2.14. The molecule has 0 saturated carbocycles. The highest BCUT2D eigenvalue weighted by atomic mass is 16.2. The minimum Gasteiger partial charge on any atom is -0.397 e. The molecule has 0 atom stereocenters. The third kappa shape index (κ3) is 16.7. The number of rotatable bonds is 18. The molecule has 2 heterocycles. The maximum atomic E-state index is 14.2. The average molecular weight is 1850 g/mol. The zero-order chi connectivity index (χ0) is 97.1. The minimum absolute atomic E-state index is 0.265. The first kappa shape index (κ1) is 88.6. The number of nitrogens with two attached hydrogens (primary N) is 2.